The van der Waals surface area contributed by atoms with Gasteiger partial charge in [-0.15, -0.1) is 0 Å². The molecule has 0 spiro atoms. The maximum absolute atomic E-state index is 13.2. The number of halogens is 2. The van der Waals surface area contributed by atoms with E-state index >= 15 is 0 Å². The van der Waals surface area contributed by atoms with Crippen molar-refractivity contribution >= 4 is 11.0 Å². The number of rotatable bonds is 2. The predicted octanol–water partition coefficient (Wildman–Crippen LogP) is 2.21. The van der Waals surface area contributed by atoms with Gasteiger partial charge in [-0.25, -0.2) is 4.39 Å². The highest BCUT2D eigenvalue weighted by Gasteiger charge is 2.13. The minimum Gasteiger partial charge on any atom is -0.461 e. The monoisotopic (exact) mass is 197 g/mol. The second-order valence-corrected chi connectivity index (χ2v) is 3.04. The molecule has 0 bridgehead atoms. The van der Waals surface area contributed by atoms with Crippen LogP contribution >= 0.6 is 0 Å². The first kappa shape index (κ1) is 9.15. The molecule has 1 heterocycles. The molecule has 2 aromatic rings. The lowest BCUT2D eigenvalue weighted by Crippen LogP contribution is -2.01. The quantitative estimate of drug-likeness (QED) is 0.801. The van der Waals surface area contributed by atoms with Crippen molar-refractivity contribution in [3.8, 4) is 0 Å². The molecule has 0 unspecified atom stereocenters. The zero-order valence-electron chi connectivity index (χ0n) is 7.39. The van der Waals surface area contributed by atoms with E-state index in [9.17, 15) is 8.78 Å². The van der Waals surface area contributed by atoms with Gasteiger partial charge in [-0.3, -0.25) is 0 Å². The van der Waals surface area contributed by atoms with Gasteiger partial charge in [-0.05, 0) is 30.7 Å². The Labute approximate surface area is 79.3 Å². The molecule has 2 nitrogen and oxygen atoms in total. The summed E-state index contributed by atoms with van der Waals surface area (Å²) in [6.45, 7) is 0.452. The lowest BCUT2D eigenvalue weighted by molar-refractivity contribution is 0.491. The Bertz CT molecular complexity index is 464. The van der Waals surface area contributed by atoms with E-state index in [1.54, 1.807) is 0 Å². The van der Waals surface area contributed by atoms with Crippen molar-refractivity contribution in [1.82, 2.24) is 0 Å². The van der Waals surface area contributed by atoms with E-state index in [2.05, 4.69) is 0 Å². The second-order valence-electron chi connectivity index (χ2n) is 3.04. The van der Waals surface area contributed by atoms with Gasteiger partial charge in [0.15, 0.2) is 11.4 Å². The lowest BCUT2D eigenvalue weighted by Gasteiger charge is -1.95. The van der Waals surface area contributed by atoms with Gasteiger partial charge in [0.1, 0.15) is 0 Å². The number of hydrogen-bond donors (Lipinski definition) is 1. The molecule has 2 rings (SSSR count). The van der Waals surface area contributed by atoms with Crippen molar-refractivity contribution in [1.29, 1.82) is 0 Å². The van der Waals surface area contributed by atoms with Crippen molar-refractivity contribution in [2.45, 2.75) is 6.42 Å². The summed E-state index contributed by atoms with van der Waals surface area (Å²) in [7, 11) is 0. The Morgan fingerprint density at radius 3 is 2.79 bits per heavy atom. The molecule has 0 fully saturated rings. The molecule has 0 aliphatic carbocycles. The summed E-state index contributed by atoms with van der Waals surface area (Å²) < 4.78 is 30.9. The van der Waals surface area contributed by atoms with Crippen molar-refractivity contribution in [3.63, 3.8) is 0 Å². The highest BCUT2D eigenvalue weighted by atomic mass is 19.2. The zero-order chi connectivity index (χ0) is 10.1. The Kier molecular flexibility index (Phi) is 2.21. The van der Waals surface area contributed by atoms with Crippen molar-refractivity contribution in [2.24, 2.45) is 5.73 Å². The van der Waals surface area contributed by atoms with Crippen LogP contribution in [-0.4, -0.2) is 6.54 Å². The molecule has 74 valence electrons. The number of hydrogen-bond acceptors (Lipinski definition) is 2. The molecule has 0 radical (unpaired) electrons. The van der Waals surface area contributed by atoms with Crippen LogP contribution < -0.4 is 5.73 Å². The molecule has 2 N–H and O–H groups in total. The molecule has 14 heavy (non-hydrogen) atoms. The first-order valence-corrected chi connectivity index (χ1v) is 4.28. The third-order valence-electron chi connectivity index (χ3n) is 2.13. The molecule has 1 aromatic heterocycles. The Morgan fingerprint density at radius 1 is 1.29 bits per heavy atom. The molecule has 0 saturated carbocycles. The highest BCUT2D eigenvalue weighted by molar-refractivity contribution is 5.81. The third kappa shape index (κ3) is 1.28. The van der Waals surface area contributed by atoms with E-state index in [1.807, 2.05) is 0 Å². The number of furan rings is 1. The topological polar surface area (TPSA) is 39.2 Å². The van der Waals surface area contributed by atoms with Gasteiger partial charge in [0.05, 0.1) is 6.26 Å². The Morgan fingerprint density at radius 2 is 2.07 bits per heavy atom. The minimum atomic E-state index is -0.939. The van der Waals surface area contributed by atoms with Crippen LogP contribution in [0.3, 0.4) is 0 Å². The maximum atomic E-state index is 13.2. The number of benzene rings is 1. The number of fused-ring (bicyclic) bond motifs is 1. The van der Waals surface area contributed by atoms with Gasteiger partial charge in [0.2, 0.25) is 5.82 Å². The molecular formula is C10H9F2NO. The summed E-state index contributed by atoms with van der Waals surface area (Å²) in [4.78, 5) is 0. The van der Waals surface area contributed by atoms with Crippen LogP contribution in [0.2, 0.25) is 0 Å². The van der Waals surface area contributed by atoms with Crippen LogP contribution in [0.5, 0.6) is 0 Å². The smallest absolute Gasteiger partial charge is 0.201 e. The molecule has 1 aromatic carbocycles. The molecule has 0 aliphatic rings. The van der Waals surface area contributed by atoms with Gasteiger partial charge < -0.3 is 10.2 Å². The van der Waals surface area contributed by atoms with Gasteiger partial charge >= 0.3 is 0 Å². The number of nitrogens with two attached hydrogens (primary N) is 1. The average Bonchev–Trinajstić information content (AvgIpc) is 2.57. The van der Waals surface area contributed by atoms with E-state index in [-0.39, 0.29) is 5.58 Å². The molecular weight excluding hydrogens is 188 g/mol. The fraction of sp³-hybridized carbons (Fsp3) is 0.200. The van der Waals surface area contributed by atoms with E-state index < -0.39 is 11.6 Å². The summed E-state index contributed by atoms with van der Waals surface area (Å²) >= 11 is 0. The maximum Gasteiger partial charge on any atom is 0.201 e. The summed E-state index contributed by atoms with van der Waals surface area (Å²) in [6.07, 6.45) is 2.01. The van der Waals surface area contributed by atoms with Gasteiger partial charge in [0.25, 0.3) is 0 Å². The zero-order valence-corrected chi connectivity index (χ0v) is 7.39. The summed E-state index contributed by atoms with van der Waals surface area (Å²) in [5.41, 5.74) is 6.14. The predicted molar refractivity (Wildman–Crippen MR) is 48.9 cm³/mol. The fourth-order valence-electron chi connectivity index (χ4n) is 1.44. The Balaban J connectivity index is 2.64. The summed E-state index contributed by atoms with van der Waals surface area (Å²) in [5, 5.41) is 0.592. The van der Waals surface area contributed by atoms with Crippen LogP contribution in [0.15, 0.2) is 22.8 Å². The molecule has 4 heteroatoms. The standard InChI is InChI=1S/C10H9F2NO/c11-8-2-1-7-6(3-4-13)5-14-10(7)9(8)12/h1-2,5H,3-4,13H2. The molecule has 0 aliphatic heterocycles. The van der Waals surface area contributed by atoms with Crippen LogP contribution in [0, 0.1) is 11.6 Å². The van der Waals surface area contributed by atoms with E-state index in [4.69, 9.17) is 10.2 Å². The van der Waals surface area contributed by atoms with Gasteiger partial charge in [-0.1, -0.05) is 0 Å². The highest BCUT2D eigenvalue weighted by Crippen LogP contribution is 2.25. The normalized spacial score (nSPS) is 11.1. The van der Waals surface area contributed by atoms with Crippen LogP contribution in [0.1, 0.15) is 5.56 Å². The van der Waals surface area contributed by atoms with E-state index in [0.717, 1.165) is 11.6 Å². The van der Waals surface area contributed by atoms with E-state index in [0.29, 0.717) is 18.4 Å². The summed E-state index contributed by atoms with van der Waals surface area (Å²) in [6, 6.07) is 2.59. The third-order valence-corrected chi connectivity index (χ3v) is 2.13. The van der Waals surface area contributed by atoms with Crippen LogP contribution in [-0.2, 0) is 6.42 Å². The fourth-order valence-corrected chi connectivity index (χ4v) is 1.44. The van der Waals surface area contributed by atoms with Gasteiger partial charge in [-0.2, -0.15) is 4.39 Å². The van der Waals surface area contributed by atoms with E-state index in [1.165, 1.54) is 12.3 Å². The average molecular weight is 197 g/mol. The SMILES string of the molecule is NCCc1coc2c(F)c(F)ccc12. The van der Waals surface area contributed by atoms with Crippen LogP contribution in [0.25, 0.3) is 11.0 Å². The van der Waals surface area contributed by atoms with Crippen molar-refractivity contribution in [2.75, 3.05) is 6.54 Å². The Hall–Kier alpha value is -1.42. The lowest BCUT2D eigenvalue weighted by atomic mass is 10.1. The minimum absolute atomic E-state index is 0.0338. The summed E-state index contributed by atoms with van der Waals surface area (Å²) in [5.74, 6) is -1.84. The first-order valence-electron chi connectivity index (χ1n) is 4.28. The van der Waals surface area contributed by atoms with Crippen LogP contribution in [0.4, 0.5) is 8.78 Å². The first-order chi connectivity index (χ1) is 6.74. The van der Waals surface area contributed by atoms with Crippen molar-refractivity contribution < 1.29 is 13.2 Å². The molecule has 0 amide bonds. The largest absolute Gasteiger partial charge is 0.461 e. The molecule has 0 saturated heterocycles. The van der Waals surface area contributed by atoms with Crippen molar-refractivity contribution in [3.05, 3.63) is 35.6 Å². The second kappa shape index (κ2) is 3.38. The molecule has 0 atom stereocenters. The van der Waals surface area contributed by atoms with Gasteiger partial charge in [0, 0.05) is 5.39 Å².